The molecule has 2 aromatic heterocycles. The van der Waals surface area contributed by atoms with Crippen LogP contribution in [0.5, 0.6) is 0 Å². The van der Waals surface area contributed by atoms with Crippen LogP contribution in [0.4, 0.5) is 0 Å². The van der Waals surface area contributed by atoms with Gasteiger partial charge in [-0.15, -0.1) is 0 Å². The number of fused-ring (bicyclic) bond motifs is 1. The van der Waals surface area contributed by atoms with Gasteiger partial charge in [0, 0.05) is 37.4 Å². The number of rotatable bonds is 2. The normalized spacial score (nSPS) is 11.1. The second-order valence-corrected chi connectivity index (χ2v) is 3.67. The Morgan fingerprint density at radius 3 is 3.00 bits per heavy atom. The van der Waals surface area contributed by atoms with Crippen LogP contribution in [0.2, 0.25) is 5.02 Å². The van der Waals surface area contributed by atoms with Crippen LogP contribution in [0, 0.1) is 0 Å². The molecule has 2 heterocycles. The third-order valence-corrected chi connectivity index (χ3v) is 2.51. The van der Waals surface area contributed by atoms with Crippen molar-refractivity contribution >= 4 is 22.6 Å². The van der Waals surface area contributed by atoms with Crippen molar-refractivity contribution in [3.8, 4) is 0 Å². The molecule has 0 amide bonds. The maximum atomic E-state index is 8.86. The number of aryl methyl sites for hydroxylation is 1. The van der Waals surface area contributed by atoms with Crippen molar-refractivity contribution in [3.05, 3.63) is 29.0 Å². The molecule has 0 spiro atoms. The SMILES string of the molecule is Cn1c(CCO)cc2cc(Cl)cnc21. The van der Waals surface area contributed by atoms with Gasteiger partial charge >= 0.3 is 0 Å². The summed E-state index contributed by atoms with van der Waals surface area (Å²) in [6.07, 6.45) is 2.27. The van der Waals surface area contributed by atoms with Gasteiger partial charge in [0.15, 0.2) is 0 Å². The first-order chi connectivity index (χ1) is 6.72. The van der Waals surface area contributed by atoms with Crippen molar-refractivity contribution in [3.63, 3.8) is 0 Å². The summed E-state index contributed by atoms with van der Waals surface area (Å²) in [5.74, 6) is 0. The maximum Gasteiger partial charge on any atom is 0.139 e. The molecule has 0 radical (unpaired) electrons. The van der Waals surface area contributed by atoms with E-state index >= 15 is 0 Å². The van der Waals surface area contributed by atoms with Crippen LogP contribution in [0.3, 0.4) is 0 Å². The lowest BCUT2D eigenvalue weighted by atomic mass is 10.3. The van der Waals surface area contributed by atoms with Crippen molar-refractivity contribution in [2.24, 2.45) is 7.05 Å². The number of pyridine rings is 1. The lowest BCUT2D eigenvalue weighted by Gasteiger charge is -2.00. The zero-order valence-corrected chi connectivity index (χ0v) is 8.62. The Bertz CT molecular complexity index is 464. The van der Waals surface area contributed by atoms with Gasteiger partial charge in [-0.2, -0.15) is 0 Å². The Hall–Kier alpha value is -1.06. The van der Waals surface area contributed by atoms with Gasteiger partial charge in [-0.3, -0.25) is 0 Å². The first-order valence-electron chi connectivity index (χ1n) is 4.43. The Kier molecular flexibility index (Phi) is 2.44. The molecule has 4 heteroatoms. The topological polar surface area (TPSA) is 38.0 Å². The van der Waals surface area contributed by atoms with E-state index in [0.717, 1.165) is 16.7 Å². The van der Waals surface area contributed by atoms with Crippen LogP contribution >= 0.6 is 11.6 Å². The van der Waals surface area contributed by atoms with Crippen LogP contribution in [0.1, 0.15) is 5.69 Å². The van der Waals surface area contributed by atoms with Crippen LogP contribution in [0.15, 0.2) is 18.3 Å². The summed E-state index contributed by atoms with van der Waals surface area (Å²) in [5.41, 5.74) is 1.97. The minimum Gasteiger partial charge on any atom is -0.396 e. The molecule has 0 fully saturated rings. The van der Waals surface area contributed by atoms with Gasteiger partial charge in [-0.25, -0.2) is 4.98 Å². The summed E-state index contributed by atoms with van der Waals surface area (Å²) in [4.78, 5) is 4.23. The van der Waals surface area contributed by atoms with E-state index in [9.17, 15) is 0 Å². The Morgan fingerprint density at radius 2 is 2.29 bits per heavy atom. The number of aliphatic hydroxyl groups is 1. The van der Waals surface area contributed by atoms with Gasteiger partial charge in [-0.1, -0.05) is 11.6 Å². The van der Waals surface area contributed by atoms with Gasteiger partial charge in [0.25, 0.3) is 0 Å². The summed E-state index contributed by atoms with van der Waals surface area (Å²) in [6.45, 7) is 0.151. The van der Waals surface area contributed by atoms with Crippen molar-refractivity contribution < 1.29 is 5.11 Å². The zero-order chi connectivity index (χ0) is 10.1. The molecule has 74 valence electrons. The van der Waals surface area contributed by atoms with E-state index in [1.165, 1.54) is 0 Å². The monoisotopic (exact) mass is 210 g/mol. The summed E-state index contributed by atoms with van der Waals surface area (Å²) >= 11 is 5.84. The van der Waals surface area contributed by atoms with Crippen molar-refractivity contribution in [2.45, 2.75) is 6.42 Å². The minimum atomic E-state index is 0.151. The summed E-state index contributed by atoms with van der Waals surface area (Å²) in [5, 5.41) is 10.5. The van der Waals surface area contributed by atoms with Crippen LogP contribution in [-0.2, 0) is 13.5 Å². The van der Waals surface area contributed by atoms with E-state index in [0.29, 0.717) is 11.4 Å². The minimum absolute atomic E-state index is 0.151. The van der Waals surface area contributed by atoms with Gasteiger partial charge < -0.3 is 9.67 Å². The van der Waals surface area contributed by atoms with E-state index in [-0.39, 0.29) is 6.61 Å². The second kappa shape index (κ2) is 3.59. The van der Waals surface area contributed by atoms with Gasteiger partial charge in [0.05, 0.1) is 5.02 Å². The number of hydrogen-bond donors (Lipinski definition) is 1. The van der Waals surface area contributed by atoms with E-state index in [1.54, 1.807) is 6.20 Å². The smallest absolute Gasteiger partial charge is 0.139 e. The molecule has 0 saturated carbocycles. The Labute approximate surface area is 86.9 Å². The quantitative estimate of drug-likeness (QED) is 0.821. The number of nitrogens with zero attached hydrogens (tertiary/aromatic N) is 2. The highest BCUT2D eigenvalue weighted by Crippen LogP contribution is 2.20. The van der Waals surface area contributed by atoms with Crippen molar-refractivity contribution in [1.29, 1.82) is 0 Å². The average molecular weight is 211 g/mol. The van der Waals surface area contributed by atoms with E-state index in [4.69, 9.17) is 16.7 Å². The fourth-order valence-electron chi connectivity index (χ4n) is 1.60. The molecule has 0 aliphatic rings. The number of hydrogen-bond acceptors (Lipinski definition) is 2. The third kappa shape index (κ3) is 1.49. The van der Waals surface area contributed by atoms with Crippen LogP contribution < -0.4 is 0 Å². The highest BCUT2D eigenvalue weighted by atomic mass is 35.5. The highest BCUT2D eigenvalue weighted by Gasteiger charge is 2.06. The molecule has 0 aliphatic carbocycles. The number of aromatic nitrogens is 2. The average Bonchev–Trinajstić information content (AvgIpc) is 2.44. The first kappa shape index (κ1) is 9.49. The fourth-order valence-corrected chi connectivity index (χ4v) is 1.77. The van der Waals surface area contributed by atoms with Crippen molar-refractivity contribution in [1.82, 2.24) is 9.55 Å². The molecule has 0 saturated heterocycles. The number of aliphatic hydroxyl groups excluding tert-OH is 1. The molecule has 2 rings (SSSR count). The molecule has 14 heavy (non-hydrogen) atoms. The Balaban J connectivity index is 2.61. The van der Waals surface area contributed by atoms with Gasteiger partial charge in [0.2, 0.25) is 0 Å². The molecule has 0 bridgehead atoms. The predicted molar refractivity (Wildman–Crippen MR) is 56.5 cm³/mol. The van der Waals surface area contributed by atoms with E-state index < -0.39 is 0 Å². The summed E-state index contributed by atoms with van der Waals surface area (Å²) in [7, 11) is 1.94. The molecule has 0 atom stereocenters. The zero-order valence-electron chi connectivity index (χ0n) is 7.87. The summed E-state index contributed by atoms with van der Waals surface area (Å²) < 4.78 is 1.97. The number of halogens is 1. The maximum absolute atomic E-state index is 8.86. The lowest BCUT2D eigenvalue weighted by Crippen LogP contribution is -1.99. The van der Waals surface area contributed by atoms with Gasteiger partial charge in [-0.05, 0) is 12.1 Å². The van der Waals surface area contributed by atoms with E-state index in [2.05, 4.69) is 4.98 Å². The van der Waals surface area contributed by atoms with Crippen LogP contribution in [-0.4, -0.2) is 21.3 Å². The molecule has 0 aromatic carbocycles. The fraction of sp³-hybridized carbons (Fsp3) is 0.300. The molecular weight excluding hydrogens is 200 g/mol. The molecule has 2 aromatic rings. The standard InChI is InChI=1S/C10H11ClN2O/c1-13-9(2-3-14)5-7-4-8(11)6-12-10(7)13/h4-6,14H,2-3H2,1H3. The molecule has 3 nitrogen and oxygen atoms in total. The third-order valence-electron chi connectivity index (χ3n) is 2.30. The second-order valence-electron chi connectivity index (χ2n) is 3.23. The molecule has 0 aliphatic heterocycles. The van der Waals surface area contributed by atoms with Crippen molar-refractivity contribution in [2.75, 3.05) is 6.61 Å². The molecular formula is C10H11ClN2O. The lowest BCUT2D eigenvalue weighted by molar-refractivity contribution is 0.297. The largest absolute Gasteiger partial charge is 0.396 e. The van der Waals surface area contributed by atoms with E-state index in [1.807, 2.05) is 23.7 Å². The van der Waals surface area contributed by atoms with Gasteiger partial charge in [0.1, 0.15) is 5.65 Å². The van der Waals surface area contributed by atoms with Crippen LogP contribution in [0.25, 0.3) is 11.0 Å². The first-order valence-corrected chi connectivity index (χ1v) is 4.81. The predicted octanol–water partition coefficient (Wildman–Crippen LogP) is 1.76. The Morgan fingerprint density at radius 1 is 1.50 bits per heavy atom. The molecule has 1 N–H and O–H groups in total. The highest BCUT2D eigenvalue weighted by molar-refractivity contribution is 6.31. The molecule has 0 unspecified atom stereocenters. The summed E-state index contributed by atoms with van der Waals surface area (Å²) in [6, 6.07) is 3.88.